The van der Waals surface area contributed by atoms with Crippen molar-refractivity contribution in [3.8, 4) is 11.5 Å². The Balaban J connectivity index is 1.75. The van der Waals surface area contributed by atoms with Crippen molar-refractivity contribution in [2.75, 3.05) is 11.1 Å². The number of carbonyl (C=O) groups is 2. The Morgan fingerprint density at radius 2 is 1.82 bits per heavy atom. The van der Waals surface area contributed by atoms with Gasteiger partial charge in [-0.2, -0.15) is 27.1 Å². The van der Waals surface area contributed by atoms with Gasteiger partial charge in [0.25, 0.3) is 5.91 Å². The second-order valence-electron chi connectivity index (χ2n) is 10.1. The van der Waals surface area contributed by atoms with Gasteiger partial charge in [0.05, 0.1) is 17.1 Å². The van der Waals surface area contributed by atoms with Crippen LogP contribution in [0.25, 0.3) is 22.6 Å². The summed E-state index contributed by atoms with van der Waals surface area (Å²) >= 11 is 0. The van der Waals surface area contributed by atoms with E-state index in [4.69, 9.17) is 10.5 Å². The SMILES string of the molecule is Cn1ncc2c(-c3nc(N)c4c(n3)NC(=O)C4(C)NC(=O)OC(C)(C)C)nc(CCC(F)(F)C(F)(F)F)nc21. The summed E-state index contributed by atoms with van der Waals surface area (Å²) in [4.78, 5) is 42.0. The molecule has 0 saturated heterocycles. The molecule has 1 aliphatic rings. The van der Waals surface area contributed by atoms with Crippen LogP contribution in [0.15, 0.2) is 6.20 Å². The van der Waals surface area contributed by atoms with Crippen molar-refractivity contribution in [2.24, 2.45) is 7.05 Å². The Kier molecular flexibility index (Phi) is 6.39. The van der Waals surface area contributed by atoms with Crippen molar-refractivity contribution in [1.29, 1.82) is 0 Å². The lowest BCUT2D eigenvalue weighted by molar-refractivity contribution is -0.284. The lowest BCUT2D eigenvalue weighted by atomic mass is 9.95. The summed E-state index contributed by atoms with van der Waals surface area (Å²) in [5.74, 6) is -6.46. The van der Waals surface area contributed by atoms with Crippen LogP contribution in [-0.2, 0) is 28.5 Å². The van der Waals surface area contributed by atoms with Gasteiger partial charge in [0, 0.05) is 19.9 Å². The quantitative estimate of drug-likeness (QED) is 0.400. The number of aryl methyl sites for hydroxylation is 2. The van der Waals surface area contributed by atoms with Gasteiger partial charge < -0.3 is 21.1 Å². The summed E-state index contributed by atoms with van der Waals surface area (Å²) in [6, 6.07) is 0. The van der Waals surface area contributed by atoms with Gasteiger partial charge in [0.1, 0.15) is 28.8 Å². The molecule has 1 aliphatic heterocycles. The fourth-order valence-corrected chi connectivity index (χ4v) is 3.90. The third-order valence-corrected chi connectivity index (χ3v) is 5.80. The zero-order valence-electron chi connectivity index (χ0n) is 21.4. The molecule has 0 fully saturated rings. The molecule has 0 bridgehead atoms. The van der Waals surface area contributed by atoms with E-state index in [2.05, 4.69) is 35.7 Å². The lowest BCUT2D eigenvalue weighted by Gasteiger charge is -2.27. The Hall–Kier alpha value is -4.18. The highest BCUT2D eigenvalue weighted by Gasteiger charge is 2.56. The first-order chi connectivity index (χ1) is 17.8. The molecule has 1 unspecified atom stereocenters. The fraction of sp³-hybridized carbons (Fsp3) is 0.500. The van der Waals surface area contributed by atoms with Crippen LogP contribution in [0.1, 0.15) is 45.5 Å². The monoisotopic (exact) mass is 557 g/mol. The van der Waals surface area contributed by atoms with Crippen LogP contribution in [0.2, 0.25) is 0 Å². The van der Waals surface area contributed by atoms with E-state index in [1.54, 1.807) is 20.8 Å². The number of aromatic nitrogens is 6. The third kappa shape index (κ3) is 5.12. The largest absolute Gasteiger partial charge is 0.453 e. The Morgan fingerprint density at radius 3 is 2.44 bits per heavy atom. The minimum atomic E-state index is -5.73. The smallest absolute Gasteiger partial charge is 0.444 e. The van der Waals surface area contributed by atoms with E-state index in [-0.39, 0.29) is 45.6 Å². The standard InChI is InChI=1S/C22H24F5N9O3/c1-19(2,3)39-18(38)35-20(4)11-13(28)32-15(33-14(11)34-17(20)37)12-9-8-29-36(5)16(9)31-10(30-12)6-7-21(23,24)22(25,26)27/h8H,6-7H2,1-5H3,(H,35,38)(H3,28,32,33,34,37). The van der Waals surface area contributed by atoms with Crippen LogP contribution in [0, 0.1) is 0 Å². The molecule has 4 heterocycles. The minimum absolute atomic E-state index is 0.0450. The van der Waals surface area contributed by atoms with E-state index in [9.17, 15) is 31.5 Å². The van der Waals surface area contributed by atoms with Gasteiger partial charge in [-0.1, -0.05) is 0 Å². The van der Waals surface area contributed by atoms with E-state index < -0.39 is 48.1 Å². The van der Waals surface area contributed by atoms with Crippen molar-refractivity contribution in [3.05, 3.63) is 17.6 Å². The first-order valence-corrected chi connectivity index (χ1v) is 11.5. The van der Waals surface area contributed by atoms with E-state index in [0.29, 0.717) is 0 Å². The summed E-state index contributed by atoms with van der Waals surface area (Å²) < 4.78 is 71.6. The molecule has 3 aromatic heterocycles. The maximum absolute atomic E-state index is 13.5. The molecule has 0 saturated carbocycles. The van der Waals surface area contributed by atoms with Gasteiger partial charge in [-0.3, -0.25) is 9.48 Å². The number of alkyl carbamates (subject to hydrolysis) is 1. The number of carbonyl (C=O) groups excluding carboxylic acids is 2. The number of ether oxygens (including phenoxy) is 1. The van der Waals surface area contributed by atoms with Crippen molar-refractivity contribution < 1.29 is 36.3 Å². The summed E-state index contributed by atoms with van der Waals surface area (Å²) in [5, 5.41) is 9.26. The maximum Gasteiger partial charge on any atom is 0.453 e. The van der Waals surface area contributed by atoms with Crippen LogP contribution < -0.4 is 16.4 Å². The Labute approximate surface area is 217 Å². The number of anilines is 2. The average molecular weight is 557 g/mol. The molecule has 39 heavy (non-hydrogen) atoms. The van der Waals surface area contributed by atoms with Crippen LogP contribution in [0.5, 0.6) is 0 Å². The normalized spacial score (nSPS) is 17.7. The first-order valence-electron chi connectivity index (χ1n) is 11.5. The summed E-state index contributed by atoms with van der Waals surface area (Å²) in [6.07, 6.45) is -7.71. The molecule has 17 heteroatoms. The second kappa shape index (κ2) is 8.94. The number of nitrogen functional groups attached to an aromatic ring is 1. The molecule has 3 aromatic rings. The summed E-state index contributed by atoms with van der Waals surface area (Å²) in [5.41, 5.74) is 3.73. The minimum Gasteiger partial charge on any atom is -0.444 e. The molecular weight excluding hydrogens is 533 g/mol. The van der Waals surface area contributed by atoms with Crippen LogP contribution >= 0.6 is 0 Å². The highest BCUT2D eigenvalue weighted by atomic mass is 19.4. The number of nitrogens with zero attached hydrogens (tertiary/aromatic N) is 6. The summed E-state index contributed by atoms with van der Waals surface area (Å²) in [7, 11) is 1.49. The van der Waals surface area contributed by atoms with Crippen LogP contribution in [0.3, 0.4) is 0 Å². The zero-order valence-corrected chi connectivity index (χ0v) is 21.4. The Bertz CT molecular complexity index is 1480. The summed E-state index contributed by atoms with van der Waals surface area (Å²) in [6.45, 7) is 6.29. The molecule has 210 valence electrons. The number of nitrogens with one attached hydrogen (secondary N) is 2. The lowest BCUT2D eigenvalue weighted by Crippen LogP contribution is -2.50. The fourth-order valence-electron chi connectivity index (χ4n) is 3.90. The number of amides is 2. The molecule has 4 rings (SSSR count). The van der Waals surface area contributed by atoms with Crippen molar-refractivity contribution in [2.45, 2.75) is 63.8 Å². The topological polar surface area (TPSA) is 163 Å². The number of hydrogen-bond acceptors (Lipinski definition) is 9. The molecular formula is C22H24F5N9O3. The van der Waals surface area contributed by atoms with Gasteiger partial charge in [-0.25, -0.2) is 24.7 Å². The molecule has 4 N–H and O–H groups in total. The zero-order chi connectivity index (χ0) is 29.1. The van der Waals surface area contributed by atoms with Crippen molar-refractivity contribution in [1.82, 2.24) is 35.0 Å². The van der Waals surface area contributed by atoms with Crippen LogP contribution in [0.4, 0.5) is 38.4 Å². The average Bonchev–Trinajstić information content (AvgIpc) is 3.26. The van der Waals surface area contributed by atoms with E-state index in [1.165, 1.54) is 24.9 Å². The van der Waals surface area contributed by atoms with Crippen molar-refractivity contribution >= 4 is 34.7 Å². The highest BCUT2D eigenvalue weighted by Crippen LogP contribution is 2.41. The second-order valence-corrected chi connectivity index (χ2v) is 10.1. The van der Waals surface area contributed by atoms with Gasteiger partial charge in [0.15, 0.2) is 17.0 Å². The molecule has 0 spiro atoms. The molecule has 12 nitrogen and oxygen atoms in total. The predicted molar refractivity (Wildman–Crippen MR) is 126 cm³/mol. The number of nitrogens with two attached hydrogens (primary N) is 1. The number of rotatable bonds is 5. The number of hydrogen-bond donors (Lipinski definition) is 3. The molecule has 0 aliphatic carbocycles. The molecule has 2 amide bonds. The molecule has 0 radical (unpaired) electrons. The third-order valence-electron chi connectivity index (χ3n) is 5.80. The van der Waals surface area contributed by atoms with Gasteiger partial charge >= 0.3 is 18.2 Å². The first kappa shape index (κ1) is 27.8. The molecule has 0 aromatic carbocycles. The predicted octanol–water partition coefficient (Wildman–Crippen LogP) is 3.22. The van der Waals surface area contributed by atoms with Gasteiger partial charge in [0.2, 0.25) is 0 Å². The maximum atomic E-state index is 13.5. The number of fused-ring (bicyclic) bond motifs is 2. The molecule has 1 atom stereocenters. The van der Waals surface area contributed by atoms with Crippen LogP contribution in [-0.4, -0.2) is 59.4 Å². The Morgan fingerprint density at radius 1 is 1.15 bits per heavy atom. The highest BCUT2D eigenvalue weighted by molar-refractivity contribution is 6.08. The number of alkyl halides is 5. The number of halogens is 5. The van der Waals surface area contributed by atoms with E-state index in [0.717, 1.165) is 0 Å². The van der Waals surface area contributed by atoms with E-state index in [1.807, 2.05) is 0 Å². The van der Waals surface area contributed by atoms with Gasteiger partial charge in [-0.15, -0.1) is 0 Å². The van der Waals surface area contributed by atoms with Crippen molar-refractivity contribution in [3.63, 3.8) is 0 Å². The van der Waals surface area contributed by atoms with E-state index >= 15 is 0 Å². The van der Waals surface area contributed by atoms with Gasteiger partial charge in [-0.05, 0) is 27.7 Å².